The second-order valence-electron chi connectivity index (χ2n) is 7.31. The fourth-order valence-corrected chi connectivity index (χ4v) is 3.17. The summed E-state index contributed by atoms with van der Waals surface area (Å²) in [7, 11) is 1.49. The van der Waals surface area contributed by atoms with Crippen LogP contribution >= 0.6 is 0 Å². The van der Waals surface area contributed by atoms with Gasteiger partial charge < -0.3 is 20.3 Å². The zero-order valence-electron chi connectivity index (χ0n) is 17.0. The molecule has 2 N–H and O–H groups in total. The first-order chi connectivity index (χ1) is 13.8. The standard InChI is InChI=1S/C21H27FN4O3/c1-14(2)10-19(20(27)24-7-6-23)25-21(28)26-8-4-15(5-9-26)16-11-17(22)13-18(12-16)29-3/h4,11-14,19H,5,7-10H2,1-3H3,(H,24,27)(H,25,28). The molecule has 0 radical (unpaired) electrons. The van der Waals surface area contributed by atoms with Gasteiger partial charge in [-0.25, -0.2) is 9.18 Å². The molecular weight excluding hydrogens is 375 g/mol. The van der Waals surface area contributed by atoms with Crippen LogP contribution in [0.1, 0.15) is 32.3 Å². The zero-order chi connectivity index (χ0) is 21.4. The third-order valence-electron chi connectivity index (χ3n) is 4.64. The molecule has 0 spiro atoms. The number of urea groups is 1. The molecule has 8 heteroatoms. The van der Waals surface area contributed by atoms with E-state index in [2.05, 4.69) is 10.6 Å². The van der Waals surface area contributed by atoms with E-state index in [0.717, 1.165) is 11.1 Å². The Morgan fingerprint density at radius 1 is 1.34 bits per heavy atom. The van der Waals surface area contributed by atoms with E-state index in [9.17, 15) is 14.0 Å². The number of methoxy groups -OCH3 is 1. The van der Waals surface area contributed by atoms with E-state index in [1.165, 1.54) is 19.2 Å². The van der Waals surface area contributed by atoms with Crippen molar-refractivity contribution in [3.05, 3.63) is 35.7 Å². The number of amides is 3. The first kappa shape index (κ1) is 22.2. The molecular formula is C21H27FN4O3. The molecule has 1 aliphatic rings. The maximum atomic E-state index is 13.7. The molecule has 1 aromatic rings. The molecule has 0 aromatic heterocycles. The fraction of sp³-hybridized carbons (Fsp3) is 0.476. The maximum absolute atomic E-state index is 13.7. The minimum absolute atomic E-state index is 0.101. The molecule has 0 saturated carbocycles. The minimum Gasteiger partial charge on any atom is -0.497 e. The Morgan fingerprint density at radius 3 is 2.69 bits per heavy atom. The van der Waals surface area contributed by atoms with Gasteiger partial charge in [0.05, 0.1) is 13.2 Å². The molecule has 0 aliphatic carbocycles. The number of carbonyl (C=O) groups excluding carboxylic acids is 2. The van der Waals surface area contributed by atoms with Crippen molar-refractivity contribution >= 4 is 17.5 Å². The zero-order valence-corrected chi connectivity index (χ0v) is 17.0. The van der Waals surface area contributed by atoms with Crippen molar-refractivity contribution in [3.63, 3.8) is 0 Å². The molecule has 1 aromatic carbocycles. The molecule has 7 nitrogen and oxygen atoms in total. The Balaban J connectivity index is 2.03. The van der Waals surface area contributed by atoms with E-state index in [1.807, 2.05) is 26.0 Å². The lowest BCUT2D eigenvalue weighted by atomic mass is 9.99. The molecule has 156 valence electrons. The van der Waals surface area contributed by atoms with Crippen molar-refractivity contribution in [2.45, 2.75) is 32.7 Å². The van der Waals surface area contributed by atoms with Crippen LogP contribution in [0.2, 0.25) is 0 Å². The molecule has 3 amide bonds. The average Bonchev–Trinajstić information content (AvgIpc) is 2.70. The number of rotatable bonds is 7. The Morgan fingerprint density at radius 2 is 2.10 bits per heavy atom. The number of benzene rings is 1. The maximum Gasteiger partial charge on any atom is 0.318 e. The van der Waals surface area contributed by atoms with Crippen LogP contribution in [0.4, 0.5) is 9.18 Å². The summed E-state index contributed by atoms with van der Waals surface area (Å²) < 4.78 is 18.9. The highest BCUT2D eigenvalue weighted by Gasteiger charge is 2.25. The first-order valence-corrected chi connectivity index (χ1v) is 9.58. The number of nitrogens with zero attached hydrogens (tertiary/aromatic N) is 2. The van der Waals surface area contributed by atoms with Gasteiger partial charge in [0.1, 0.15) is 24.2 Å². The smallest absolute Gasteiger partial charge is 0.318 e. The van der Waals surface area contributed by atoms with Gasteiger partial charge in [-0.15, -0.1) is 0 Å². The van der Waals surface area contributed by atoms with E-state index < -0.39 is 6.04 Å². The monoisotopic (exact) mass is 402 g/mol. The van der Waals surface area contributed by atoms with Gasteiger partial charge >= 0.3 is 6.03 Å². The largest absolute Gasteiger partial charge is 0.497 e. The van der Waals surface area contributed by atoms with Crippen molar-refractivity contribution in [1.82, 2.24) is 15.5 Å². The highest BCUT2D eigenvalue weighted by atomic mass is 19.1. The van der Waals surface area contributed by atoms with E-state index in [0.29, 0.717) is 31.7 Å². The lowest BCUT2D eigenvalue weighted by Crippen LogP contribution is -2.52. The molecule has 0 fully saturated rings. The molecule has 0 bridgehead atoms. The Kier molecular flexibility index (Phi) is 8.01. The minimum atomic E-state index is -0.700. The molecule has 1 aliphatic heterocycles. The summed E-state index contributed by atoms with van der Waals surface area (Å²) in [5.41, 5.74) is 1.67. The highest BCUT2D eigenvalue weighted by molar-refractivity contribution is 5.87. The van der Waals surface area contributed by atoms with Crippen LogP contribution in [0.15, 0.2) is 24.3 Å². The van der Waals surface area contributed by atoms with E-state index >= 15 is 0 Å². The normalized spacial score (nSPS) is 14.6. The number of hydrogen-bond acceptors (Lipinski definition) is 4. The number of ether oxygens (including phenoxy) is 1. The SMILES string of the molecule is COc1cc(F)cc(C2=CCN(C(=O)NC(CC(C)C)C(=O)NCC#N)CC2)c1. The second kappa shape index (κ2) is 10.5. The van der Waals surface area contributed by atoms with Crippen molar-refractivity contribution in [3.8, 4) is 11.8 Å². The number of hydrogen-bond donors (Lipinski definition) is 2. The predicted molar refractivity (Wildman–Crippen MR) is 108 cm³/mol. The van der Waals surface area contributed by atoms with Crippen molar-refractivity contribution < 1.29 is 18.7 Å². The highest BCUT2D eigenvalue weighted by Crippen LogP contribution is 2.26. The van der Waals surface area contributed by atoms with Crippen molar-refractivity contribution in [2.24, 2.45) is 5.92 Å². The predicted octanol–water partition coefficient (Wildman–Crippen LogP) is 2.69. The van der Waals surface area contributed by atoms with Crippen LogP contribution in [0.3, 0.4) is 0 Å². The summed E-state index contributed by atoms with van der Waals surface area (Å²) in [4.78, 5) is 26.5. The number of nitrogens with one attached hydrogen (secondary N) is 2. The third-order valence-corrected chi connectivity index (χ3v) is 4.64. The van der Waals surface area contributed by atoms with Gasteiger partial charge in [0.2, 0.25) is 5.91 Å². The summed E-state index contributed by atoms with van der Waals surface area (Å²) >= 11 is 0. The van der Waals surface area contributed by atoms with Crippen molar-refractivity contribution in [2.75, 3.05) is 26.7 Å². The third kappa shape index (κ3) is 6.49. The van der Waals surface area contributed by atoms with Gasteiger partial charge in [0, 0.05) is 19.2 Å². The first-order valence-electron chi connectivity index (χ1n) is 9.58. The van der Waals surface area contributed by atoms with E-state index in [1.54, 1.807) is 11.0 Å². The summed E-state index contributed by atoms with van der Waals surface area (Å²) in [6, 6.07) is 5.35. The summed E-state index contributed by atoms with van der Waals surface area (Å²) in [6.45, 7) is 4.62. The van der Waals surface area contributed by atoms with Crippen LogP contribution in [0.5, 0.6) is 5.75 Å². The molecule has 1 atom stereocenters. The van der Waals surface area contributed by atoms with Crippen LogP contribution in [0, 0.1) is 23.1 Å². The Hall–Kier alpha value is -3.08. The van der Waals surface area contributed by atoms with Crippen LogP contribution in [-0.2, 0) is 4.79 Å². The van der Waals surface area contributed by atoms with Crippen LogP contribution in [0.25, 0.3) is 5.57 Å². The van der Waals surface area contributed by atoms with Gasteiger partial charge in [0.15, 0.2) is 0 Å². The lowest BCUT2D eigenvalue weighted by Gasteiger charge is -2.29. The van der Waals surface area contributed by atoms with Gasteiger partial charge in [-0.1, -0.05) is 19.9 Å². The lowest BCUT2D eigenvalue weighted by molar-refractivity contribution is -0.123. The molecule has 2 rings (SSSR count). The number of nitriles is 1. The summed E-state index contributed by atoms with van der Waals surface area (Å²) in [6.07, 6.45) is 2.92. The van der Waals surface area contributed by atoms with Gasteiger partial charge in [-0.2, -0.15) is 5.26 Å². The Labute approximate surface area is 170 Å². The van der Waals surface area contributed by atoms with Gasteiger partial charge in [-0.3, -0.25) is 4.79 Å². The second-order valence-corrected chi connectivity index (χ2v) is 7.31. The average molecular weight is 402 g/mol. The molecule has 1 unspecified atom stereocenters. The molecule has 1 heterocycles. The number of carbonyl (C=O) groups is 2. The van der Waals surface area contributed by atoms with E-state index in [4.69, 9.17) is 10.00 Å². The van der Waals surface area contributed by atoms with Crippen molar-refractivity contribution in [1.29, 1.82) is 5.26 Å². The van der Waals surface area contributed by atoms with Crippen LogP contribution < -0.4 is 15.4 Å². The molecule has 29 heavy (non-hydrogen) atoms. The fourth-order valence-electron chi connectivity index (χ4n) is 3.17. The molecule has 0 saturated heterocycles. The van der Waals surface area contributed by atoms with Crippen LogP contribution in [-0.4, -0.2) is 49.6 Å². The van der Waals surface area contributed by atoms with Gasteiger partial charge in [-0.05, 0) is 42.0 Å². The quantitative estimate of drug-likeness (QED) is 0.686. The summed E-state index contributed by atoms with van der Waals surface area (Å²) in [5.74, 6) is -0.0982. The van der Waals surface area contributed by atoms with E-state index in [-0.39, 0.29) is 30.2 Å². The number of halogens is 1. The van der Waals surface area contributed by atoms with Gasteiger partial charge in [0.25, 0.3) is 0 Å². The Bertz CT molecular complexity index is 817. The summed E-state index contributed by atoms with van der Waals surface area (Å²) in [5, 5.41) is 13.9. The topological polar surface area (TPSA) is 94.5 Å².